The van der Waals surface area contributed by atoms with Crippen molar-refractivity contribution < 1.29 is 28.5 Å². The molecule has 0 radical (unpaired) electrons. The summed E-state index contributed by atoms with van der Waals surface area (Å²) in [6.07, 6.45) is 2.88. The van der Waals surface area contributed by atoms with Gasteiger partial charge in [0.25, 0.3) is 0 Å². The van der Waals surface area contributed by atoms with Crippen LogP contribution in [0.4, 0.5) is 0 Å². The van der Waals surface area contributed by atoms with Gasteiger partial charge in [0.15, 0.2) is 11.5 Å². The molecule has 0 aliphatic heterocycles. The predicted octanol–water partition coefficient (Wildman–Crippen LogP) is 3.08. The molecule has 0 N–H and O–H groups in total. The average molecular weight is 324 g/mol. The summed E-state index contributed by atoms with van der Waals surface area (Å²) in [4.78, 5) is 11.9. The number of hydrogen-bond donors (Lipinski definition) is 0. The first-order valence-corrected chi connectivity index (χ1v) is 7.05. The summed E-state index contributed by atoms with van der Waals surface area (Å²) in [5, 5.41) is 0. The van der Waals surface area contributed by atoms with E-state index < -0.39 is 11.6 Å². The Morgan fingerprint density at radius 2 is 1.48 bits per heavy atom. The third-order valence-corrected chi connectivity index (χ3v) is 2.84. The number of benzene rings is 1. The number of methoxy groups -OCH3 is 4. The van der Waals surface area contributed by atoms with Gasteiger partial charge in [-0.1, -0.05) is 0 Å². The molecule has 0 bridgehead atoms. The number of hydrogen-bond acceptors (Lipinski definition) is 6. The van der Waals surface area contributed by atoms with Crippen molar-refractivity contribution in [3.05, 3.63) is 17.7 Å². The van der Waals surface area contributed by atoms with Gasteiger partial charge in [0.1, 0.15) is 11.4 Å². The molecule has 0 heterocycles. The molecule has 1 aromatic rings. The monoisotopic (exact) mass is 324 g/mol. The van der Waals surface area contributed by atoms with Gasteiger partial charge in [0.2, 0.25) is 5.75 Å². The van der Waals surface area contributed by atoms with Gasteiger partial charge < -0.3 is 23.7 Å². The van der Waals surface area contributed by atoms with Crippen molar-refractivity contribution in [3.63, 3.8) is 0 Å². The first-order valence-electron chi connectivity index (χ1n) is 7.05. The van der Waals surface area contributed by atoms with Crippen molar-refractivity contribution in [2.24, 2.45) is 0 Å². The van der Waals surface area contributed by atoms with Crippen LogP contribution in [0.15, 0.2) is 12.1 Å². The van der Waals surface area contributed by atoms with Crippen LogP contribution in [0.1, 0.15) is 26.3 Å². The van der Waals surface area contributed by atoms with E-state index in [0.717, 1.165) is 0 Å². The van der Waals surface area contributed by atoms with Crippen LogP contribution in [-0.2, 0) is 9.53 Å². The molecule has 0 atom stereocenters. The van der Waals surface area contributed by atoms with Crippen LogP contribution in [0.25, 0.3) is 6.08 Å². The summed E-state index contributed by atoms with van der Waals surface area (Å²) in [6, 6.07) is 1.66. The highest BCUT2D eigenvalue weighted by Gasteiger charge is 2.20. The minimum absolute atomic E-state index is 0.406. The van der Waals surface area contributed by atoms with E-state index in [1.165, 1.54) is 34.5 Å². The molecule has 128 valence electrons. The molecule has 0 aliphatic carbocycles. The van der Waals surface area contributed by atoms with Gasteiger partial charge in [-0.25, -0.2) is 4.79 Å². The standard InChI is InChI=1S/C17H24O6/c1-17(2,3)23-14(18)9-8-11-12(19-4)10-13(20-5)16(22-7)15(11)21-6/h8-10H,1-7H3/b9-8+. The van der Waals surface area contributed by atoms with Crippen LogP contribution in [0.2, 0.25) is 0 Å². The molecule has 23 heavy (non-hydrogen) atoms. The minimum atomic E-state index is -0.562. The molecule has 6 heteroatoms. The molecule has 1 aromatic carbocycles. The fourth-order valence-corrected chi connectivity index (χ4v) is 1.97. The van der Waals surface area contributed by atoms with E-state index in [9.17, 15) is 4.79 Å². The lowest BCUT2D eigenvalue weighted by atomic mass is 10.1. The lowest BCUT2D eigenvalue weighted by molar-refractivity contribution is -0.148. The molecule has 0 unspecified atom stereocenters. The van der Waals surface area contributed by atoms with Gasteiger partial charge in [0, 0.05) is 12.1 Å². The zero-order valence-corrected chi connectivity index (χ0v) is 14.7. The Bertz CT molecular complexity index is 584. The second kappa shape index (κ2) is 7.76. The summed E-state index contributed by atoms with van der Waals surface area (Å²) in [5.74, 6) is 1.31. The van der Waals surface area contributed by atoms with Crippen LogP contribution in [0.5, 0.6) is 23.0 Å². The summed E-state index contributed by atoms with van der Waals surface area (Å²) in [5.41, 5.74) is -0.00813. The van der Waals surface area contributed by atoms with Gasteiger partial charge >= 0.3 is 5.97 Å². The molecular weight excluding hydrogens is 300 g/mol. The topological polar surface area (TPSA) is 63.2 Å². The van der Waals surface area contributed by atoms with Crippen LogP contribution < -0.4 is 18.9 Å². The SMILES string of the molecule is COc1cc(OC)c(OC)c(OC)c1/C=C/C(=O)OC(C)(C)C. The van der Waals surface area contributed by atoms with Gasteiger partial charge in [-0.05, 0) is 26.8 Å². The summed E-state index contributed by atoms with van der Waals surface area (Å²) in [7, 11) is 6.05. The molecule has 0 amide bonds. The summed E-state index contributed by atoms with van der Waals surface area (Å²) >= 11 is 0. The molecular formula is C17H24O6. The van der Waals surface area contributed by atoms with Crippen molar-refractivity contribution in [2.75, 3.05) is 28.4 Å². The fraction of sp³-hybridized carbons (Fsp3) is 0.471. The molecule has 0 fully saturated rings. The van der Waals surface area contributed by atoms with E-state index >= 15 is 0 Å². The maximum absolute atomic E-state index is 11.9. The van der Waals surface area contributed by atoms with Crippen molar-refractivity contribution in [1.29, 1.82) is 0 Å². The second-order valence-electron chi connectivity index (χ2n) is 5.63. The number of carbonyl (C=O) groups is 1. The average Bonchev–Trinajstić information content (AvgIpc) is 2.49. The molecule has 1 rings (SSSR count). The van der Waals surface area contributed by atoms with E-state index in [0.29, 0.717) is 28.6 Å². The molecule has 0 spiro atoms. The molecule has 0 aliphatic rings. The summed E-state index contributed by atoms with van der Waals surface area (Å²) < 4.78 is 26.6. The Balaban J connectivity index is 3.31. The maximum atomic E-state index is 11.9. The van der Waals surface area contributed by atoms with Gasteiger partial charge in [-0.3, -0.25) is 0 Å². The number of esters is 1. The Hall–Kier alpha value is -2.37. The Morgan fingerprint density at radius 3 is 1.91 bits per heavy atom. The lowest BCUT2D eigenvalue weighted by Crippen LogP contribution is -2.22. The first kappa shape index (κ1) is 18.7. The van der Waals surface area contributed by atoms with Crippen molar-refractivity contribution in [3.8, 4) is 23.0 Å². The van der Waals surface area contributed by atoms with E-state index in [4.69, 9.17) is 23.7 Å². The van der Waals surface area contributed by atoms with Gasteiger partial charge in [-0.2, -0.15) is 0 Å². The zero-order chi connectivity index (χ0) is 17.6. The molecule has 6 nitrogen and oxygen atoms in total. The molecule has 0 aromatic heterocycles. The van der Waals surface area contributed by atoms with Crippen molar-refractivity contribution >= 4 is 12.0 Å². The van der Waals surface area contributed by atoms with Crippen molar-refractivity contribution in [2.45, 2.75) is 26.4 Å². The molecule has 0 saturated heterocycles. The first-order chi connectivity index (χ1) is 10.8. The number of carbonyl (C=O) groups excluding carboxylic acids is 1. The van der Waals surface area contributed by atoms with E-state index in [-0.39, 0.29) is 0 Å². The van der Waals surface area contributed by atoms with Gasteiger partial charge in [0.05, 0.1) is 34.0 Å². The lowest BCUT2D eigenvalue weighted by Gasteiger charge is -2.19. The van der Waals surface area contributed by atoms with Gasteiger partial charge in [-0.15, -0.1) is 0 Å². The smallest absolute Gasteiger partial charge is 0.331 e. The normalized spacial score (nSPS) is 11.3. The number of ether oxygens (including phenoxy) is 5. The highest BCUT2D eigenvalue weighted by atomic mass is 16.6. The van der Waals surface area contributed by atoms with Crippen LogP contribution in [0, 0.1) is 0 Å². The Labute approximate surface area is 136 Å². The van der Waals surface area contributed by atoms with E-state index in [2.05, 4.69) is 0 Å². The van der Waals surface area contributed by atoms with Crippen LogP contribution in [-0.4, -0.2) is 40.0 Å². The van der Waals surface area contributed by atoms with Crippen LogP contribution >= 0.6 is 0 Å². The highest BCUT2D eigenvalue weighted by molar-refractivity contribution is 5.89. The second-order valence-corrected chi connectivity index (χ2v) is 5.63. The molecule has 0 saturated carbocycles. The maximum Gasteiger partial charge on any atom is 0.331 e. The minimum Gasteiger partial charge on any atom is -0.496 e. The predicted molar refractivity (Wildman–Crippen MR) is 87.5 cm³/mol. The highest BCUT2D eigenvalue weighted by Crippen LogP contribution is 2.45. The number of rotatable bonds is 6. The van der Waals surface area contributed by atoms with E-state index in [1.807, 2.05) is 0 Å². The fourth-order valence-electron chi connectivity index (χ4n) is 1.97. The summed E-state index contributed by atoms with van der Waals surface area (Å²) in [6.45, 7) is 5.41. The zero-order valence-electron chi connectivity index (χ0n) is 14.7. The van der Waals surface area contributed by atoms with Crippen molar-refractivity contribution in [1.82, 2.24) is 0 Å². The quantitative estimate of drug-likeness (QED) is 0.592. The van der Waals surface area contributed by atoms with E-state index in [1.54, 1.807) is 32.9 Å². The third-order valence-electron chi connectivity index (χ3n) is 2.84. The Morgan fingerprint density at radius 1 is 0.913 bits per heavy atom. The third kappa shape index (κ3) is 4.81. The van der Waals surface area contributed by atoms with Crippen LogP contribution in [0.3, 0.4) is 0 Å². The Kier molecular flexibility index (Phi) is 6.30. The largest absolute Gasteiger partial charge is 0.496 e.